The standard InChI is InChI=1S/C15H15FN2O2/c1-2-10-4-3-5-12(8-10)20-14-7-6-11(16)9-13(14)15(17)18-19/h3-9,19H,2H2,1H3,(H2,17,18). The van der Waals surface area contributed by atoms with Crippen LogP contribution >= 0.6 is 0 Å². The van der Waals surface area contributed by atoms with Crippen molar-refractivity contribution in [3.63, 3.8) is 0 Å². The molecule has 0 aliphatic heterocycles. The number of aryl methyl sites for hydroxylation is 1. The second-order valence-corrected chi connectivity index (χ2v) is 4.23. The minimum Gasteiger partial charge on any atom is -0.457 e. The predicted molar refractivity (Wildman–Crippen MR) is 74.8 cm³/mol. The molecule has 2 aromatic rings. The molecule has 0 fully saturated rings. The number of hydrogen-bond acceptors (Lipinski definition) is 3. The smallest absolute Gasteiger partial charge is 0.173 e. The number of rotatable bonds is 4. The molecule has 0 aliphatic carbocycles. The third kappa shape index (κ3) is 3.06. The summed E-state index contributed by atoms with van der Waals surface area (Å²) in [6.07, 6.45) is 0.883. The molecule has 4 nitrogen and oxygen atoms in total. The lowest BCUT2D eigenvalue weighted by Crippen LogP contribution is -2.14. The molecule has 0 radical (unpaired) electrons. The molecule has 0 aliphatic rings. The maximum Gasteiger partial charge on any atom is 0.173 e. The van der Waals surface area contributed by atoms with E-state index < -0.39 is 5.82 Å². The van der Waals surface area contributed by atoms with Gasteiger partial charge in [-0.25, -0.2) is 4.39 Å². The average Bonchev–Trinajstić information content (AvgIpc) is 2.48. The lowest BCUT2D eigenvalue weighted by molar-refractivity contribution is 0.318. The maximum atomic E-state index is 13.3. The molecular formula is C15H15FN2O2. The topological polar surface area (TPSA) is 67.8 Å². The highest BCUT2D eigenvalue weighted by atomic mass is 19.1. The molecule has 0 atom stereocenters. The van der Waals surface area contributed by atoms with E-state index in [-0.39, 0.29) is 11.4 Å². The Morgan fingerprint density at radius 1 is 1.30 bits per heavy atom. The molecule has 0 amide bonds. The van der Waals surface area contributed by atoms with Crippen molar-refractivity contribution in [1.82, 2.24) is 0 Å². The first-order valence-electron chi connectivity index (χ1n) is 6.18. The van der Waals surface area contributed by atoms with Crippen LogP contribution in [0.4, 0.5) is 4.39 Å². The van der Waals surface area contributed by atoms with E-state index in [1.54, 1.807) is 6.07 Å². The van der Waals surface area contributed by atoms with E-state index in [4.69, 9.17) is 15.7 Å². The van der Waals surface area contributed by atoms with Gasteiger partial charge in [0.05, 0.1) is 5.56 Å². The third-order valence-corrected chi connectivity index (χ3v) is 2.86. The number of benzene rings is 2. The van der Waals surface area contributed by atoms with E-state index in [1.807, 2.05) is 25.1 Å². The van der Waals surface area contributed by atoms with Crippen molar-refractivity contribution in [2.75, 3.05) is 0 Å². The summed E-state index contributed by atoms with van der Waals surface area (Å²) in [5.41, 5.74) is 6.85. The van der Waals surface area contributed by atoms with Gasteiger partial charge in [-0.2, -0.15) is 0 Å². The number of nitrogens with zero attached hydrogens (tertiary/aromatic N) is 1. The molecule has 2 aromatic carbocycles. The van der Waals surface area contributed by atoms with Crippen LogP contribution in [0.25, 0.3) is 0 Å². The molecule has 104 valence electrons. The second-order valence-electron chi connectivity index (χ2n) is 4.23. The number of oxime groups is 1. The molecule has 20 heavy (non-hydrogen) atoms. The summed E-state index contributed by atoms with van der Waals surface area (Å²) in [5, 5.41) is 11.6. The zero-order chi connectivity index (χ0) is 14.5. The van der Waals surface area contributed by atoms with Crippen LogP contribution in [0.1, 0.15) is 18.1 Å². The highest BCUT2D eigenvalue weighted by Gasteiger charge is 2.11. The Morgan fingerprint density at radius 3 is 2.80 bits per heavy atom. The SMILES string of the molecule is CCc1cccc(Oc2ccc(F)cc2C(N)=NO)c1. The summed E-state index contributed by atoms with van der Waals surface area (Å²) in [6.45, 7) is 2.04. The van der Waals surface area contributed by atoms with Crippen LogP contribution in [0, 0.1) is 5.82 Å². The van der Waals surface area contributed by atoms with Gasteiger partial charge in [0.15, 0.2) is 5.84 Å². The molecule has 0 aromatic heterocycles. The Labute approximate surface area is 116 Å². The summed E-state index contributed by atoms with van der Waals surface area (Å²) in [7, 11) is 0. The van der Waals surface area contributed by atoms with Crippen LogP contribution in [-0.4, -0.2) is 11.0 Å². The van der Waals surface area contributed by atoms with Crippen molar-refractivity contribution in [3.05, 3.63) is 59.4 Å². The molecule has 0 spiro atoms. The number of nitrogens with two attached hydrogens (primary N) is 1. The minimum atomic E-state index is -0.485. The van der Waals surface area contributed by atoms with Crippen LogP contribution in [0.5, 0.6) is 11.5 Å². The van der Waals surface area contributed by atoms with Crippen molar-refractivity contribution < 1.29 is 14.3 Å². The number of ether oxygens (including phenoxy) is 1. The molecule has 2 rings (SSSR count). The first-order valence-corrected chi connectivity index (χ1v) is 6.18. The summed E-state index contributed by atoms with van der Waals surface area (Å²) in [4.78, 5) is 0. The molecule has 5 heteroatoms. The predicted octanol–water partition coefficient (Wildman–Crippen LogP) is 3.27. The lowest BCUT2D eigenvalue weighted by atomic mass is 10.1. The van der Waals surface area contributed by atoms with Gasteiger partial charge in [-0.15, -0.1) is 0 Å². The van der Waals surface area contributed by atoms with Gasteiger partial charge in [-0.1, -0.05) is 24.2 Å². The molecule has 0 bridgehead atoms. The number of hydrogen-bond donors (Lipinski definition) is 2. The minimum absolute atomic E-state index is 0.203. The molecule has 0 saturated heterocycles. The lowest BCUT2D eigenvalue weighted by Gasteiger charge is -2.11. The molecular weight excluding hydrogens is 259 g/mol. The van der Waals surface area contributed by atoms with Gasteiger partial charge >= 0.3 is 0 Å². The van der Waals surface area contributed by atoms with Gasteiger partial charge in [0.2, 0.25) is 0 Å². The largest absolute Gasteiger partial charge is 0.457 e. The van der Waals surface area contributed by atoms with E-state index >= 15 is 0 Å². The summed E-state index contributed by atoms with van der Waals surface area (Å²) in [5.74, 6) is 0.255. The van der Waals surface area contributed by atoms with E-state index in [2.05, 4.69) is 5.16 Å². The summed E-state index contributed by atoms with van der Waals surface area (Å²) >= 11 is 0. The second kappa shape index (κ2) is 6.06. The zero-order valence-corrected chi connectivity index (χ0v) is 11.0. The van der Waals surface area contributed by atoms with Crippen molar-refractivity contribution >= 4 is 5.84 Å². The van der Waals surface area contributed by atoms with E-state index in [0.717, 1.165) is 18.1 Å². The highest BCUT2D eigenvalue weighted by Crippen LogP contribution is 2.26. The first-order chi connectivity index (χ1) is 9.63. The van der Waals surface area contributed by atoms with Crippen molar-refractivity contribution in [2.45, 2.75) is 13.3 Å². The van der Waals surface area contributed by atoms with Gasteiger partial charge < -0.3 is 15.7 Å². The van der Waals surface area contributed by atoms with E-state index in [1.165, 1.54) is 12.1 Å². The Morgan fingerprint density at radius 2 is 2.10 bits per heavy atom. The van der Waals surface area contributed by atoms with Crippen LogP contribution in [0.2, 0.25) is 0 Å². The fourth-order valence-electron chi connectivity index (χ4n) is 1.80. The van der Waals surface area contributed by atoms with Crippen LogP contribution in [0.15, 0.2) is 47.6 Å². The maximum absolute atomic E-state index is 13.3. The Hall–Kier alpha value is -2.56. The highest BCUT2D eigenvalue weighted by molar-refractivity contribution is 5.99. The Bertz CT molecular complexity index is 642. The van der Waals surface area contributed by atoms with Crippen LogP contribution in [0.3, 0.4) is 0 Å². The van der Waals surface area contributed by atoms with Gasteiger partial charge in [-0.05, 0) is 42.3 Å². The summed E-state index contributed by atoms with van der Waals surface area (Å²) < 4.78 is 18.9. The zero-order valence-electron chi connectivity index (χ0n) is 11.0. The molecule has 0 unspecified atom stereocenters. The summed E-state index contributed by atoms with van der Waals surface area (Å²) in [6, 6.07) is 11.4. The Balaban J connectivity index is 2.37. The van der Waals surface area contributed by atoms with Crippen LogP contribution in [-0.2, 0) is 6.42 Å². The monoisotopic (exact) mass is 274 g/mol. The van der Waals surface area contributed by atoms with Gasteiger partial charge in [0.1, 0.15) is 17.3 Å². The average molecular weight is 274 g/mol. The van der Waals surface area contributed by atoms with Gasteiger partial charge in [0, 0.05) is 0 Å². The van der Waals surface area contributed by atoms with Crippen molar-refractivity contribution in [2.24, 2.45) is 10.9 Å². The fraction of sp³-hybridized carbons (Fsp3) is 0.133. The van der Waals surface area contributed by atoms with Gasteiger partial charge in [-0.3, -0.25) is 0 Å². The molecule has 0 saturated carbocycles. The number of amidine groups is 1. The van der Waals surface area contributed by atoms with Crippen molar-refractivity contribution in [1.29, 1.82) is 0 Å². The molecule has 3 N–H and O–H groups in total. The van der Waals surface area contributed by atoms with E-state index in [0.29, 0.717) is 11.5 Å². The Kier molecular flexibility index (Phi) is 4.20. The number of halogens is 1. The van der Waals surface area contributed by atoms with Crippen molar-refractivity contribution in [3.8, 4) is 11.5 Å². The quantitative estimate of drug-likeness (QED) is 0.389. The van der Waals surface area contributed by atoms with Crippen LogP contribution < -0.4 is 10.5 Å². The first kappa shape index (κ1) is 13.9. The normalized spacial score (nSPS) is 11.4. The van der Waals surface area contributed by atoms with Gasteiger partial charge in [0.25, 0.3) is 0 Å². The molecule has 0 heterocycles. The fourth-order valence-corrected chi connectivity index (χ4v) is 1.80. The third-order valence-electron chi connectivity index (χ3n) is 2.86. The van der Waals surface area contributed by atoms with E-state index in [9.17, 15) is 4.39 Å².